The summed E-state index contributed by atoms with van der Waals surface area (Å²) in [6.07, 6.45) is 10.4. The van der Waals surface area contributed by atoms with E-state index < -0.39 is 5.97 Å². The number of carbonyl (C=O) groups is 1. The van der Waals surface area contributed by atoms with E-state index in [1.807, 2.05) is 4.90 Å². The second-order valence-corrected chi connectivity index (χ2v) is 6.42. The second kappa shape index (κ2) is 9.10. The quantitative estimate of drug-likeness (QED) is 0.392. The Hall–Kier alpha value is -2.98. The number of carboxylic acids is 1. The van der Waals surface area contributed by atoms with E-state index in [2.05, 4.69) is 41.7 Å². The summed E-state index contributed by atoms with van der Waals surface area (Å²) in [4.78, 5) is 37.4. The van der Waals surface area contributed by atoms with Gasteiger partial charge in [-0.25, -0.2) is 15.0 Å². The number of hydrogen-bond acceptors (Lipinski definition) is 6. The summed E-state index contributed by atoms with van der Waals surface area (Å²) in [6, 6.07) is 0.0644. The Morgan fingerprint density at radius 3 is 1.85 bits per heavy atom. The van der Waals surface area contributed by atoms with Gasteiger partial charge in [0.15, 0.2) is 0 Å². The van der Waals surface area contributed by atoms with Gasteiger partial charge in [0.1, 0.15) is 17.5 Å². The molecule has 27 heavy (non-hydrogen) atoms. The van der Waals surface area contributed by atoms with Crippen LogP contribution in [0.1, 0.15) is 24.4 Å². The van der Waals surface area contributed by atoms with Crippen molar-refractivity contribution >= 4 is 5.97 Å². The van der Waals surface area contributed by atoms with Crippen LogP contribution in [0, 0.1) is 0 Å². The van der Waals surface area contributed by atoms with Crippen molar-refractivity contribution in [2.45, 2.75) is 32.6 Å². The molecule has 0 fully saturated rings. The first-order chi connectivity index (χ1) is 13.1. The molecule has 10 heteroatoms. The highest BCUT2D eigenvalue weighted by atomic mass is 16.4. The summed E-state index contributed by atoms with van der Waals surface area (Å²) in [6.45, 7) is 4.24. The van der Waals surface area contributed by atoms with Gasteiger partial charge in [0.2, 0.25) is 0 Å². The minimum atomic E-state index is -0.864. The number of aromatic amines is 3. The summed E-state index contributed by atoms with van der Waals surface area (Å²) < 4.78 is 0. The third-order valence-electron chi connectivity index (χ3n) is 4.25. The van der Waals surface area contributed by atoms with Gasteiger partial charge >= 0.3 is 5.97 Å². The van der Waals surface area contributed by atoms with Crippen molar-refractivity contribution in [1.82, 2.24) is 39.7 Å². The Bertz CT molecular complexity index is 749. The van der Waals surface area contributed by atoms with Crippen molar-refractivity contribution in [3.63, 3.8) is 0 Å². The maximum atomic E-state index is 11.3. The third kappa shape index (κ3) is 5.76. The van der Waals surface area contributed by atoms with Gasteiger partial charge in [0.05, 0.1) is 26.2 Å². The lowest BCUT2D eigenvalue weighted by atomic mass is 10.2. The van der Waals surface area contributed by atoms with Crippen LogP contribution in [0.25, 0.3) is 0 Å². The second-order valence-electron chi connectivity index (χ2n) is 6.42. The lowest BCUT2D eigenvalue weighted by molar-refractivity contribution is -0.138. The number of hydrogen-bond donors (Lipinski definition) is 4. The monoisotopic (exact) mass is 372 g/mol. The van der Waals surface area contributed by atoms with E-state index in [0.29, 0.717) is 26.2 Å². The fourth-order valence-corrected chi connectivity index (χ4v) is 2.98. The van der Waals surface area contributed by atoms with Crippen LogP contribution < -0.4 is 0 Å². The minimum Gasteiger partial charge on any atom is -0.480 e. The van der Waals surface area contributed by atoms with Crippen LogP contribution in [0.15, 0.2) is 37.2 Å². The molecule has 1 unspecified atom stereocenters. The molecule has 0 saturated carbocycles. The molecule has 1 atom stereocenters. The number of H-pyrrole nitrogens is 3. The fourth-order valence-electron chi connectivity index (χ4n) is 2.98. The zero-order valence-corrected chi connectivity index (χ0v) is 15.2. The predicted octanol–water partition coefficient (Wildman–Crippen LogP) is 0.833. The minimum absolute atomic E-state index is 0.0552. The van der Waals surface area contributed by atoms with Crippen molar-refractivity contribution in [3.05, 3.63) is 54.7 Å². The summed E-state index contributed by atoms with van der Waals surface area (Å²) in [7, 11) is 0. The van der Waals surface area contributed by atoms with Crippen LogP contribution in [0.2, 0.25) is 0 Å². The molecule has 0 aliphatic rings. The van der Waals surface area contributed by atoms with Crippen molar-refractivity contribution in [1.29, 1.82) is 0 Å². The van der Waals surface area contributed by atoms with Gasteiger partial charge in [-0.1, -0.05) is 0 Å². The average Bonchev–Trinajstić information content (AvgIpc) is 3.37. The Labute approximate surface area is 156 Å². The van der Waals surface area contributed by atoms with Crippen LogP contribution in [-0.4, -0.2) is 69.9 Å². The predicted molar refractivity (Wildman–Crippen MR) is 97.4 cm³/mol. The Morgan fingerprint density at radius 1 is 0.963 bits per heavy atom. The number of nitrogens with zero attached hydrogens (tertiary/aromatic N) is 5. The first-order valence-electron chi connectivity index (χ1n) is 8.73. The highest BCUT2D eigenvalue weighted by Gasteiger charge is 2.21. The SMILES string of the molecule is CC(CN(CC(=O)O)Cc1ncc[nH]1)N(Cc1ncc[nH]1)Cc1ncc[nH]1. The van der Waals surface area contributed by atoms with E-state index in [1.165, 1.54) is 0 Å². The topological polar surface area (TPSA) is 130 Å². The maximum absolute atomic E-state index is 11.3. The molecule has 3 heterocycles. The van der Waals surface area contributed by atoms with Crippen molar-refractivity contribution < 1.29 is 9.90 Å². The molecule has 3 aromatic rings. The van der Waals surface area contributed by atoms with Crippen molar-refractivity contribution in [2.24, 2.45) is 0 Å². The van der Waals surface area contributed by atoms with E-state index in [1.54, 1.807) is 37.2 Å². The van der Waals surface area contributed by atoms with Gasteiger partial charge in [-0.3, -0.25) is 14.6 Å². The molecule has 0 saturated heterocycles. The number of nitrogens with one attached hydrogen (secondary N) is 3. The van der Waals surface area contributed by atoms with Crippen LogP contribution in [0.4, 0.5) is 0 Å². The smallest absolute Gasteiger partial charge is 0.317 e. The third-order valence-corrected chi connectivity index (χ3v) is 4.25. The average molecular weight is 372 g/mol. The van der Waals surface area contributed by atoms with E-state index >= 15 is 0 Å². The van der Waals surface area contributed by atoms with Gasteiger partial charge in [-0.2, -0.15) is 0 Å². The summed E-state index contributed by atoms with van der Waals surface area (Å²) in [5.41, 5.74) is 0. The Balaban J connectivity index is 1.69. The molecule has 144 valence electrons. The van der Waals surface area contributed by atoms with Gasteiger partial charge in [0.25, 0.3) is 0 Å². The van der Waals surface area contributed by atoms with Crippen LogP contribution in [0.5, 0.6) is 0 Å². The molecule has 3 rings (SSSR count). The van der Waals surface area contributed by atoms with Crippen LogP contribution in [0.3, 0.4) is 0 Å². The van der Waals surface area contributed by atoms with Gasteiger partial charge in [0, 0.05) is 49.8 Å². The molecule has 10 nitrogen and oxygen atoms in total. The molecule has 0 aliphatic heterocycles. The first kappa shape index (κ1) is 18.8. The number of imidazole rings is 3. The largest absolute Gasteiger partial charge is 0.480 e. The van der Waals surface area contributed by atoms with E-state index in [4.69, 9.17) is 0 Å². The van der Waals surface area contributed by atoms with E-state index in [0.717, 1.165) is 17.5 Å². The molecule has 4 N–H and O–H groups in total. The summed E-state index contributed by atoms with van der Waals surface area (Å²) in [5.74, 6) is 1.58. The molecule has 0 bridgehead atoms. The zero-order chi connectivity index (χ0) is 19.1. The maximum Gasteiger partial charge on any atom is 0.317 e. The van der Waals surface area contributed by atoms with Crippen molar-refractivity contribution in [2.75, 3.05) is 13.1 Å². The number of aromatic nitrogens is 6. The molecular weight excluding hydrogens is 348 g/mol. The van der Waals surface area contributed by atoms with Crippen LogP contribution in [-0.2, 0) is 24.4 Å². The molecule has 0 aliphatic carbocycles. The molecule has 3 aromatic heterocycles. The lowest BCUT2D eigenvalue weighted by Gasteiger charge is -2.31. The fraction of sp³-hybridized carbons (Fsp3) is 0.412. The van der Waals surface area contributed by atoms with Gasteiger partial charge < -0.3 is 20.1 Å². The molecule has 0 aromatic carbocycles. The molecule has 0 spiro atoms. The lowest BCUT2D eigenvalue weighted by Crippen LogP contribution is -2.43. The summed E-state index contributed by atoms with van der Waals surface area (Å²) >= 11 is 0. The van der Waals surface area contributed by atoms with E-state index in [-0.39, 0.29) is 12.6 Å². The standard InChI is InChI=1S/C17H24N8O2/c1-13(8-24(12-17(26)27)9-14-18-2-3-19-14)25(10-15-20-4-5-21-15)11-16-22-6-7-23-16/h2-7,13H,8-12H2,1H3,(H,18,19)(H,20,21)(H,22,23)(H,26,27). The molecule has 0 radical (unpaired) electrons. The highest BCUT2D eigenvalue weighted by molar-refractivity contribution is 5.69. The first-order valence-corrected chi connectivity index (χ1v) is 8.73. The zero-order valence-electron chi connectivity index (χ0n) is 15.2. The van der Waals surface area contributed by atoms with Gasteiger partial charge in [-0.05, 0) is 6.92 Å². The molecule has 0 amide bonds. The number of carboxylic acid groups (broad SMARTS) is 1. The Kier molecular flexibility index (Phi) is 6.34. The summed E-state index contributed by atoms with van der Waals surface area (Å²) in [5, 5.41) is 9.26. The Morgan fingerprint density at radius 2 is 1.44 bits per heavy atom. The number of rotatable bonds is 11. The van der Waals surface area contributed by atoms with Gasteiger partial charge in [-0.15, -0.1) is 0 Å². The van der Waals surface area contributed by atoms with Crippen LogP contribution >= 0.6 is 0 Å². The van der Waals surface area contributed by atoms with Crippen molar-refractivity contribution in [3.8, 4) is 0 Å². The molecular formula is C17H24N8O2. The normalized spacial score (nSPS) is 12.7. The number of aliphatic carboxylic acids is 1. The van der Waals surface area contributed by atoms with E-state index in [9.17, 15) is 9.90 Å². The highest BCUT2D eigenvalue weighted by Crippen LogP contribution is 2.12.